The lowest BCUT2D eigenvalue weighted by Crippen LogP contribution is -2.41. The number of hydrogen-bond acceptors (Lipinski definition) is 4. The highest BCUT2D eigenvalue weighted by Gasteiger charge is 2.19. The van der Waals surface area contributed by atoms with E-state index in [0.29, 0.717) is 33.5 Å². The number of amides is 2. The molecule has 2 N–H and O–H groups in total. The van der Waals surface area contributed by atoms with E-state index in [4.69, 9.17) is 0 Å². The number of hydrogen-bond donors (Lipinski definition) is 2. The van der Waals surface area contributed by atoms with Crippen LogP contribution < -0.4 is 10.9 Å². The van der Waals surface area contributed by atoms with Gasteiger partial charge in [-0.25, -0.2) is 4.98 Å². The van der Waals surface area contributed by atoms with Crippen molar-refractivity contribution < 1.29 is 9.59 Å². The molecule has 0 atom stereocenters. The molecular formula is C20H20N6O2. The Labute approximate surface area is 161 Å². The van der Waals surface area contributed by atoms with Crippen molar-refractivity contribution in [2.75, 3.05) is 0 Å². The van der Waals surface area contributed by atoms with Crippen molar-refractivity contribution in [1.29, 1.82) is 0 Å². The third-order valence-corrected chi connectivity index (χ3v) is 4.77. The normalized spacial score (nSPS) is 11.1. The molecule has 0 radical (unpaired) electrons. The standard InChI is InChI=1S/C20H20N6O2/c1-11-9-14(17-12(2)24-26(4)18(17)21-11)19(27)22-23-20(28)15-10-25(3)16-8-6-5-7-13(15)16/h5-10H,1-4H3,(H,22,27)(H,23,28). The van der Waals surface area contributed by atoms with Gasteiger partial charge >= 0.3 is 0 Å². The Kier molecular flexibility index (Phi) is 4.11. The van der Waals surface area contributed by atoms with E-state index in [-0.39, 0.29) is 5.91 Å². The predicted molar refractivity (Wildman–Crippen MR) is 106 cm³/mol. The molecule has 8 nitrogen and oxygen atoms in total. The second kappa shape index (κ2) is 6.49. The fourth-order valence-electron chi connectivity index (χ4n) is 3.52. The van der Waals surface area contributed by atoms with E-state index in [1.807, 2.05) is 49.7 Å². The molecule has 0 aliphatic rings. The van der Waals surface area contributed by atoms with Crippen molar-refractivity contribution in [3.05, 3.63) is 59.0 Å². The van der Waals surface area contributed by atoms with Gasteiger partial charge in [0.05, 0.1) is 22.2 Å². The van der Waals surface area contributed by atoms with Crippen molar-refractivity contribution in [3.8, 4) is 0 Å². The van der Waals surface area contributed by atoms with E-state index >= 15 is 0 Å². The Hall–Kier alpha value is -3.68. The van der Waals surface area contributed by atoms with Gasteiger partial charge in [0, 0.05) is 36.9 Å². The fraction of sp³-hybridized carbons (Fsp3) is 0.200. The zero-order valence-corrected chi connectivity index (χ0v) is 16.1. The molecule has 28 heavy (non-hydrogen) atoms. The van der Waals surface area contributed by atoms with E-state index in [2.05, 4.69) is 20.9 Å². The molecule has 0 bridgehead atoms. The van der Waals surface area contributed by atoms with Crippen LogP contribution in [0.3, 0.4) is 0 Å². The number of pyridine rings is 1. The van der Waals surface area contributed by atoms with Crippen LogP contribution in [0.15, 0.2) is 36.5 Å². The van der Waals surface area contributed by atoms with Gasteiger partial charge in [-0.3, -0.25) is 25.1 Å². The van der Waals surface area contributed by atoms with E-state index in [1.165, 1.54) is 0 Å². The van der Waals surface area contributed by atoms with Gasteiger partial charge in [0.2, 0.25) is 0 Å². The number of aryl methyl sites for hydroxylation is 4. The first kappa shape index (κ1) is 17.7. The Morgan fingerprint density at radius 3 is 2.43 bits per heavy atom. The SMILES string of the molecule is Cc1cc(C(=O)NNC(=O)c2cn(C)c3ccccc23)c2c(C)nn(C)c2n1. The van der Waals surface area contributed by atoms with Crippen LogP contribution in [-0.4, -0.2) is 31.1 Å². The molecule has 0 saturated heterocycles. The third kappa shape index (κ3) is 2.79. The minimum Gasteiger partial charge on any atom is -0.350 e. The number of aromatic nitrogens is 4. The average molecular weight is 376 g/mol. The molecule has 0 fully saturated rings. The largest absolute Gasteiger partial charge is 0.350 e. The van der Waals surface area contributed by atoms with Crippen molar-refractivity contribution in [2.24, 2.45) is 14.1 Å². The van der Waals surface area contributed by atoms with Crippen LogP contribution in [0.1, 0.15) is 32.1 Å². The smallest absolute Gasteiger partial charge is 0.271 e. The van der Waals surface area contributed by atoms with Gasteiger partial charge in [-0.2, -0.15) is 5.10 Å². The molecule has 0 aliphatic carbocycles. The maximum absolute atomic E-state index is 12.8. The highest BCUT2D eigenvalue weighted by molar-refractivity contribution is 6.10. The maximum atomic E-state index is 12.8. The highest BCUT2D eigenvalue weighted by atomic mass is 16.2. The zero-order chi connectivity index (χ0) is 20.0. The fourth-order valence-corrected chi connectivity index (χ4v) is 3.52. The highest BCUT2D eigenvalue weighted by Crippen LogP contribution is 2.22. The minimum absolute atomic E-state index is 0.380. The predicted octanol–water partition coefficient (Wildman–Crippen LogP) is 2.15. The van der Waals surface area contributed by atoms with E-state index < -0.39 is 5.91 Å². The topological polar surface area (TPSA) is 93.8 Å². The summed E-state index contributed by atoms with van der Waals surface area (Å²) in [5.41, 5.74) is 8.91. The lowest BCUT2D eigenvalue weighted by Gasteiger charge is -2.09. The van der Waals surface area contributed by atoms with Gasteiger partial charge in [-0.05, 0) is 26.0 Å². The number of rotatable bonds is 2. The maximum Gasteiger partial charge on any atom is 0.271 e. The summed E-state index contributed by atoms with van der Waals surface area (Å²) in [5, 5.41) is 5.83. The number of nitrogens with one attached hydrogen (secondary N) is 2. The number of benzene rings is 1. The Bertz CT molecular complexity index is 1250. The molecular weight excluding hydrogens is 356 g/mol. The van der Waals surface area contributed by atoms with Gasteiger partial charge in [0.25, 0.3) is 11.8 Å². The van der Waals surface area contributed by atoms with Crippen molar-refractivity contribution >= 4 is 33.8 Å². The summed E-state index contributed by atoms with van der Waals surface area (Å²) in [5.74, 6) is -0.796. The average Bonchev–Trinajstić information content (AvgIpc) is 3.16. The number of carbonyl (C=O) groups excluding carboxylic acids is 2. The Morgan fingerprint density at radius 1 is 1.00 bits per heavy atom. The molecule has 0 spiro atoms. The van der Waals surface area contributed by atoms with Gasteiger partial charge in [0.1, 0.15) is 0 Å². The van der Waals surface area contributed by atoms with E-state index in [1.54, 1.807) is 24.0 Å². The van der Waals surface area contributed by atoms with Crippen LogP contribution >= 0.6 is 0 Å². The summed E-state index contributed by atoms with van der Waals surface area (Å²) in [7, 11) is 3.66. The molecule has 2 amide bonds. The lowest BCUT2D eigenvalue weighted by atomic mass is 10.1. The van der Waals surface area contributed by atoms with Crippen LogP contribution in [-0.2, 0) is 14.1 Å². The molecule has 4 aromatic rings. The first-order valence-electron chi connectivity index (χ1n) is 8.82. The molecule has 3 heterocycles. The molecule has 0 aliphatic heterocycles. The summed E-state index contributed by atoms with van der Waals surface area (Å²) in [6, 6.07) is 9.29. The van der Waals surface area contributed by atoms with Crippen LogP contribution in [0, 0.1) is 13.8 Å². The first-order chi connectivity index (χ1) is 13.4. The van der Waals surface area contributed by atoms with Gasteiger partial charge in [0.15, 0.2) is 5.65 Å². The summed E-state index contributed by atoms with van der Waals surface area (Å²) in [6.45, 7) is 3.64. The molecule has 4 rings (SSSR count). The number of nitrogens with zero attached hydrogens (tertiary/aromatic N) is 4. The second-order valence-electron chi connectivity index (χ2n) is 6.80. The Morgan fingerprint density at radius 2 is 1.68 bits per heavy atom. The van der Waals surface area contributed by atoms with Crippen LogP contribution in [0.5, 0.6) is 0 Å². The first-order valence-corrected chi connectivity index (χ1v) is 8.82. The van der Waals surface area contributed by atoms with Gasteiger partial charge in [-0.1, -0.05) is 18.2 Å². The zero-order valence-electron chi connectivity index (χ0n) is 16.1. The van der Waals surface area contributed by atoms with E-state index in [0.717, 1.165) is 10.9 Å². The van der Waals surface area contributed by atoms with Crippen molar-refractivity contribution in [2.45, 2.75) is 13.8 Å². The summed E-state index contributed by atoms with van der Waals surface area (Å²) in [6.07, 6.45) is 1.74. The minimum atomic E-state index is -0.416. The number of fused-ring (bicyclic) bond motifs is 2. The summed E-state index contributed by atoms with van der Waals surface area (Å²) in [4.78, 5) is 29.9. The molecule has 8 heteroatoms. The second-order valence-corrected chi connectivity index (χ2v) is 6.80. The molecule has 0 unspecified atom stereocenters. The monoisotopic (exact) mass is 376 g/mol. The van der Waals surface area contributed by atoms with Crippen LogP contribution in [0.4, 0.5) is 0 Å². The van der Waals surface area contributed by atoms with Gasteiger partial charge < -0.3 is 4.57 Å². The number of para-hydroxylation sites is 1. The van der Waals surface area contributed by atoms with Crippen LogP contribution in [0.2, 0.25) is 0 Å². The number of carbonyl (C=O) groups is 2. The summed E-state index contributed by atoms with van der Waals surface area (Å²) < 4.78 is 3.52. The third-order valence-electron chi connectivity index (χ3n) is 4.77. The quantitative estimate of drug-likeness (QED) is 0.524. The summed E-state index contributed by atoms with van der Waals surface area (Å²) >= 11 is 0. The van der Waals surface area contributed by atoms with Crippen molar-refractivity contribution in [3.63, 3.8) is 0 Å². The Balaban J connectivity index is 1.61. The van der Waals surface area contributed by atoms with E-state index in [9.17, 15) is 9.59 Å². The molecule has 1 aromatic carbocycles. The number of hydrazine groups is 1. The van der Waals surface area contributed by atoms with Crippen molar-refractivity contribution in [1.82, 2.24) is 30.2 Å². The molecule has 142 valence electrons. The molecule has 0 saturated carbocycles. The molecule has 3 aromatic heterocycles. The van der Waals surface area contributed by atoms with Gasteiger partial charge in [-0.15, -0.1) is 0 Å². The lowest BCUT2D eigenvalue weighted by molar-refractivity contribution is 0.0848. The van der Waals surface area contributed by atoms with Crippen LogP contribution in [0.25, 0.3) is 21.9 Å².